The monoisotopic (exact) mass is 258 g/mol. The summed E-state index contributed by atoms with van der Waals surface area (Å²) >= 11 is 0. The van der Waals surface area contributed by atoms with Gasteiger partial charge >= 0.3 is 0 Å². The third-order valence-electron chi connectivity index (χ3n) is 3.76. The number of furan rings is 1. The Morgan fingerprint density at radius 1 is 1.26 bits per heavy atom. The van der Waals surface area contributed by atoms with Gasteiger partial charge in [-0.15, -0.1) is 0 Å². The molecule has 0 saturated carbocycles. The minimum atomic E-state index is 0.00889. The summed E-state index contributed by atoms with van der Waals surface area (Å²) in [5.74, 6) is 0.501. The van der Waals surface area contributed by atoms with E-state index in [1.54, 1.807) is 0 Å². The van der Waals surface area contributed by atoms with Crippen LogP contribution in [0.25, 0.3) is 11.0 Å². The lowest BCUT2D eigenvalue weighted by Crippen LogP contribution is -2.46. The summed E-state index contributed by atoms with van der Waals surface area (Å²) in [5, 5.41) is 4.29. The minimum Gasteiger partial charge on any atom is -0.450 e. The number of hydrogen-bond acceptors (Lipinski definition) is 3. The molecule has 100 valence electrons. The smallest absolute Gasteiger partial charge is 0.289 e. The van der Waals surface area contributed by atoms with Crippen molar-refractivity contribution in [3.63, 3.8) is 0 Å². The molecule has 1 fully saturated rings. The lowest BCUT2D eigenvalue weighted by Gasteiger charge is -2.26. The Hall–Kier alpha value is -1.81. The summed E-state index contributed by atoms with van der Waals surface area (Å²) in [4.78, 5) is 14.4. The first-order valence-electron chi connectivity index (χ1n) is 6.67. The van der Waals surface area contributed by atoms with Gasteiger partial charge < -0.3 is 14.6 Å². The van der Waals surface area contributed by atoms with Crippen molar-refractivity contribution in [2.24, 2.45) is 0 Å². The zero-order valence-electron chi connectivity index (χ0n) is 11.3. The van der Waals surface area contributed by atoms with E-state index in [4.69, 9.17) is 4.42 Å². The number of hydrogen-bond donors (Lipinski definition) is 1. The van der Waals surface area contributed by atoms with E-state index in [0.717, 1.165) is 48.3 Å². The average Bonchev–Trinajstić information content (AvgIpc) is 2.78. The van der Waals surface area contributed by atoms with Crippen LogP contribution in [0.1, 0.15) is 21.7 Å². The quantitative estimate of drug-likeness (QED) is 0.852. The number of rotatable bonds is 1. The molecule has 0 atom stereocenters. The number of carbonyl (C=O) groups is 1. The van der Waals surface area contributed by atoms with E-state index in [-0.39, 0.29) is 5.91 Å². The van der Waals surface area contributed by atoms with E-state index < -0.39 is 0 Å². The number of amides is 1. The van der Waals surface area contributed by atoms with Crippen LogP contribution in [0, 0.1) is 13.8 Å². The average molecular weight is 258 g/mol. The van der Waals surface area contributed by atoms with E-state index in [1.807, 2.05) is 36.9 Å². The van der Waals surface area contributed by atoms with Crippen molar-refractivity contribution in [2.45, 2.75) is 13.8 Å². The van der Waals surface area contributed by atoms with E-state index in [2.05, 4.69) is 5.32 Å². The van der Waals surface area contributed by atoms with Crippen molar-refractivity contribution >= 4 is 16.9 Å². The summed E-state index contributed by atoms with van der Waals surface area (Å²) in [5.41, 5.74) is 2.85. The molecule has 0 unspecified atom stereocenters. The Labute approximate surface area is 112 Å². The van der Waals surface area contributed by atoms with E-state index in [0.29, 0.717) is 5.76 Å². The molecule has 1 aliphatic rings. The Kier molecular flexibility index (Phi) is 3.03. The SMILES string of the molecule is Cc1c(C(=O)N2CCNCC2)oc2c(C)cccc12. The Morgan fingerprint density at radius 2 is 2.00 bits per heavy atom. The van der Waals surface area contributed by atoms with E-state index in [1.165, 1.54) is 0 Å². The van der Waals surface area contributed by atoms with Gasteiger partial charge in [-0.25, -0.2) is 0 Å². The van der Waals surface area contributed by atoms with Gasteiger partial charge in [-0.1, -0.05) is 18.2 Å². The fourth-order valence-electron chi connectivity index (χ4n) is 2.60. The first-order valence-corrected chi connectivity index (χ1v) is 6.67. The van der Waals surface area contributed by atoms with Crippen LogP contribution < -0.4 is 5.32 Å². The Balaban J connectivity index is 2.02. The van der Waals surface area contributed by atoms with Gasteiger partial charge in [0.05, 0.1) is 0 Å². The van der Waals surface area contributed by atoms with Crippen LogP contribution in [0.15, 0.2) is 22.6 Å². The third-order valence-corrected chi connectivity index (χ3v) is 3.76. The molecule has 0 spiro atoms. The fraction of sp³-hybridized carbons (Fsp3) is 0.400. The van der Waals surface area contributed by atoms with Gasteiger partial charge in [0.1, 0.15) is 5.58 Å². The number of nitrogens with zero attached hydrogens (tertiary/aromatic N) is 1. The predicted molar refractivity (Wildman–Crippen MR) is 74.5 cm³/mol. The van der Waals surface area contributed by atoms with Gasteiger partial charge in [0, 0.05) is 37.1 Å². The number of nitrogens with one attached hydrogen (secondary N) is 1. The molecule has 1 amide bonds. The molecule has 0 radical (unpaired) electrons. The van der Waals surface area contributed by atoms with Crippen molar-refractivity contribution in [3.8, 4) is 0 Å². The summed E-state index contributed by atoms with van der Waals surface area (Å²) < 4.78 is 5.83. The number of para-hydroxylation sites is 1. The first kappa shape index (κ1) is 12.2. The number of aryl methyl sites for hydroxylation is 2. The predicted octanol–water partition coefficient (Wildman–Crippen LogP) is 2.10. The molecule has 19 heavy (non-hydrogen) atoms. The summed E-state index contributed by atoms with van der Waals surface area (Å²) in [6.45, 7) is 7.15. The lowest BCUT2D eigenvalue weighted by molar-refractivity contribution is 0.0705. The van der Waals surface area contributed by atoms with Gasteiger partial charge in [0.2, 0.25) is 0 Å². The maximum absolute atomic E-state index is 12.5. The number of piperazine rings is 1. The molecule has 2 heterocycles. The topological polar surface area (TPSA) is 45.5 Å². The van der Waals surface area contributed by atoms with Gasteiger partial charge in [0.15, 0.2) is 5.76 Å². The van der Waals surface area contributed by atoms with Crippen molar-refractivity contribution in [1.82, 2.24) is 10.2 Å². The second kappa shape index (κ2) is 4.70. The second-order valence-electron chi connectivity index (χ2n) is 5.05. The molecule has 1 aromatic carbocycles. The zero-order chi connectivity index (χ0) is 13.4. The van der Waals surface area contributed by atoms with Crippen molar-refractivity contribution < 1.29 is 9.21 Å². The molecule has 0 bridgehead atoms. The molecule has 3 rings (SSSR count). The van der Waals surface area contributed by atoms with Crippen LogP contribution in [-0.4, -0.2) is 37.0 Å². The molecule has 4 nitrogen and oxygen atoms in total. The standard InChI is InChI=1S/C15H18N2O2/c1-10-4-3-5-12-11(2)14(19-13(10)12)15(18)17-8-6-16-7-9-17/h3-5,16H,6-9H2,1-2H3. The molecule has 1 aliphatic heterocycles. The van der Waals surface area contributed by atoms with Crippen LogP contribution in [0.5, 0.6) is 0 Å². The molecule has 0 aliphatic carbocycles. The molecule has 1 aromatic heterocycles. The van der Waals surface area contributed by atoms with Crippen LogP contribution in [-0.2, 0) is 0 Å². The van der Waals surface area contributed by atoms with Crippen molar-refractivity contribution in [1.29, 1.82) is 0 Å². The van der Waals surface area contributed by atoms with Gasteiger partial charge in [0.25, 0.3) is 5.91 Å². The van der Waals surface area contributed by atoms with Crippen LogP contribution >= 0.6 is 0 Å². The van der Waals surface area contributed by atoms with Crippen molar-refractivity contribution in [3.05, 3.63) is 35.1 Å². The van der Waals surface area contributed by atoms with Crippen LogP contribution in [0.3, 0.4) is 0 Å². The zero-order valence-corrected chi connectivity index (χ0v) is 11.3. The maximum Gasteiger partial charge on any atom is 0.289 e. The largest absolute Gasteiger partial charge is 0.450 e. The van der Waals surface area contributed by atoms with Crippen LogP contribution in [0.4, 0.5) is 0 Å². The maximum atomic E-state index is 12.5. The third kappa shape index (κ3) is 2.02. The van der Waals surface area contributed by atoms with Gasteiger partial charge in [-0.3, -0.25) is 4.79 Å². The highest BCUT2D eigenvalue weighted by Gasteiger charge is 2.24. The number of carbonyl (C=O) groups excluding carboxylic acids is 1. The minimum absolute atomic E-state index is 0.00889. The highest BCUT2D eigenvalue weighted by Crippen LogP contribution is 2.28. The lowest BCUT2D eigenvalue weighted by atomic mass is 10.1. The van der Waals surface area contributed by atoms with Gasteiger partial charge in [-0.05, 0) is 19.4 Å². The Morgan fingerprint density at radius 3 is 2.68 bits per heavy atom. The van der Waals surface area contributed by atoms with E-state index in [9.17, 15) is 4.79 Å². The van der Waals surface area contributed by atoms with E-state index >= 15 is 0 Å². The fourth-order valence-corrected chi connectivity index (χ4v) is 2.60. The Bertz CT molecular complexity index is 624. The second-order valence-corrected chi connectivity index (χ2v) is 5.05. The molecular formula is C15H18N2O2. The molecule has 4 heteroatoms. The summed E-state index contributed by atoms with van der Waals surface area (Å²) in [6.07, 6.45) is 0. The highest BCUT2D eigenvalue weighted by molar-refractivity contribution is 5.99. The molecule has 1 N–H and O–H groups in total. The summed E-state index contributed by atoms with van der Waals surface area (Å²) in [7, 11) is 0. The number of benzene rings is 1. The normalized spacial score (nSPS) is 16.0. The van der Waals surface area contributed by atoms with Gasteiger partial charge in [-0.2, -0.15) is 0 Å². The molecule has 2 aromatic rings. The van der Waals surface area contributed by atoms with Crippen LogP contribution in [0.2, 0.25) is 0 Å². The first-order chi connectivity index (χ1) is 9.18. The summed E-state index contributed by atoms with van der Waals surface area (Å²) in [6, 6.07) is 6.01. The highest BCUT2D eigenvalue weighted by atomic mass is 16.3. The molecular weight excluding hydrogens is 240 g/mol. The molecule has 1 saturated heterocycles. The van der Waals surface area contributed by atoms with Crippen molar-refractivity contribution in [2.75, 3.05) is 26.2 Å². The number of fused-ring (bicyclic) bond motifs is 1.